The van der Waals surface area contributed by atoms with E-state index < -0.39 is 6.04 Å². The number of aromatic nitrogens is 5. The van der Waals surface area contributed by atoms with Gasteiger partial charge in [0.25, 0.3) is 5.56 Å². The summed E-state index contributed by atoms with van der Waals surface area (Å²) in [6, 6.07) is 31.5. The van der Waals surface area contributed by atoms with E-state index in [1.165, 1.54) is 5.56 Å². The van der Waals surface area contributed by atoms with Crippen molar-refractivity contribution in [2.24, 2.45) is 0 Å². The molecule has 1 N–H and O–H groups in total. The first kappa shape index (κ1) is 30.2. The Morgan fingerprint density at radius 2 is 1.62 bits per heavy atom. The number of H-pyrrole nitrogens is 1. The second-order valence-electron chi connectivity index (χ2n) is 11.3. The van der Waals surface area contributed by atoms with Crippen LogP contribution in [-0.2, 0) is 26.1 Å². The van der Waals surface area contributed by atoms with Gasteiger partial charge < -0.3 is 9.72 Å². The summed E-state index contributed by atoms with van der Waals surface area (Å²) < 4.78 is 7.22. The maximum Gasteiger partial charge on any atom is 0.253 e. The third-order valence-electron chi connectivity index (χ3n) is 8.28. The van der Waals surface area contributed by atoms with E-state index in [-0.39, 0.29) is 5.56 Å². The molecule has 0 aliphatic carbocycles. The molecule has 45 heavy (non-hydrogen) atoms. The van der Waals surface area contributed by atoms with E-state index in [1.54, 1.807) is 7.11 Å². The van der Waals surface area contributed by atoms with Crippen LogP contribution < -0.4 is 10.3 Å². The zero-order valence-corrected chi connectivity index (χ0v) is 26.3. The topological polar surface area (TPSA) is 88.9 Å². The number of pyridine rings is 1. The van der Waals surface area contributed by atoms with Gasteiger partial charge in [0.15, 0.2) is 5.82 Å². The summed E-state index contributed by atoms with van der Waals surface area (Å²) >= 11 is 6.72. The highest BCUT2D eigenvalue weighted by Gasteiger charge is 2.31. The lowest BCUT2D eigenvalue weighted by Crippen LogP contribution is -2.35. The van der Waals surface area contributed by atoms with Gasteiger partial charge in [0.05, 0.1) is 7.11 Å². The van der Waals surface area contributed by atoms with Crippen molar-refractivity contribution in [3.63, 3.8) is 0 Å². The summed E-state index contributed by atoms with van der Waals surface area (Å²) in [4.78, 5) is 19.4. The Hall–Kier alpha value is -4.79. The molecule has 228 valence electrons. The maximum absolute atomic E-state index is 14.0. The van der Waals surface area contributed by atoms with E-state index in [9.17, 15) is 4.79 Å². The number of hydrogen-bond acceptors (Lipinski definition) is 6. The number of nitrogens with one attached hydrogen (secondary N) is 1. The summed E-state index contributed by atoms with van der Waals surface area (Å²) in [6.45, 7) is 5.62. The van der Waals surface area contributed by atoms with Crippen LogP contribution in [0, 0.1) is 13.8 Å². The number of hydrogen-bond donors (Lipinski definition) is 1. The zero-order chi connectivity index (χ0) is 31.3. The molecule has 0 unspecified atom stereocenters. The van der Waals surface area contributed by atoms with Crippen molar-refractivity contribution in [1.82, 2.24) is 30.1 Å². The smallest absolute Gasteiger partial charge is 0.253 e. The Morgan fingerprint density at radius 3 is 2.38 bits per heavy atom. The van der Waals surface area contributed by atoms with Crippen LogP contribution in [0.4, 0.5) is 0 Å². The first-order valence-electron chi connectivity index (χ1n) is 14.9. The molecule has 4 aromatic carbocycles. The largest absolute Gasteiger partial charge is 0.497 e. The van der Waals surface area contributed by atoms with Crippen molar-refractivity contribution in [2.45, 2.75) is 45.9 Å². The molecule has 6 aromatic rings. The van der Waals surface area contributed by atoms with Crippen LogP contribution in [0.1, 0.15) is 45.2 Å². The number of aromatic amines is 1. The van der Waals surface area contributed by atoms with Gasteiger partial charge in [-0.25, -0.2) is 4.68 Å². The summed E-state index contributed by atoms with van der Waals surface area (Å²) in [6.07, 6.45) is 0.737. The molecule has 0 aliphatic rings. The SMILES string of the molecule is COc1ccc(CN(Cc2ccccc2Cl)[C@@H](c2cc3cc(C)c(C)cc3[nH]c2=O)c2nnnn2CCc2ccccc2)cc1. The summed E-state index contributed by atoms with van der Waals surface area (Å²) in [7, 11) is 1.65. The monoisotopic (exact) mass is 618 g/mol. The Morgan fingerprint density at radius 1 is 0.889 bits per heavy atom. The van der Waals surface area contributed by atoms with Gasteiger partial charge in [-0.1, -0.05) is 72.3 Å². The molecule has 0 amide bonds. The van der Waals surface area contributed by atoms with Gasteiger partial charge in [0.1, 0.15) is 11.8 Å². The van der Waals surface area contributed by atoms with Crippen molar-refractivity contribution >= 4 is 22.5 Å². The van der Waals surface area contributed by atoms with Gasteiger partial charge in [0.2, 0.25) is 0 Å². The number of aryl methyl sites for hydroxylation is 4. The van der Waals surface area contributed by atoms with Gasteiger partial charge in [-0.2, -0.15) is 0 Å². The summed E-state index contributed by atoms with van der Waals surface area (Å²) in [5.74, 6) is 1.36. The molecule has 0 aliphatic heterocycles. The molecule has 0 saturated heterocycles. The van der Waals surface area contributed by atoms with Gasteiger partial charge >= 0.3 is 0 Å². The van der Waals surface area contributed by atoms with Gasteiger partial charge in [-0.15, -0.1) is 5.10 Å². The van der Waals surface area contributed by atoms with E-state index in [1.807, 2.05) is 90.5 Å². The van der Waals surface area contributed by atoms with Crippen molar-refractivity contribution in [2.75, 3.05) is 7.11 Å². The molecule has 2 aromatic heterocycles. The number of tetrazole rings is 1. The van der Waals surface area contributed by atoms with Gasteiger partial charge in [0, 0.05) is 35.7 Å². The zero-order valence-electron chi connectivity index (χ0n) is 25.6. The molecule has 0 fully saturated rings. The average Bonchev–Trinajstić information content (AvgIpc) is 3.51. The Kier molecular flexibility index (Phi) is 9.05. The van der Waals surface area contributed by atoms with Crippen molar-refractivity contribution in [1.29, 1.82) is 0 Å². The van der Waals surface area contributed by atoms with Crippen molar-refractivity contribution in [3.8, 4) is 5.75 Å². The molecule has 8 nitrogen and oxygen atoms in total. The Bertz CT molecular complexity index is 1970. The molecule has 2 heterocycles. The van der Waals surface area contributed by atoms with Crippen molar-refractivity contribution in [3.05, 3.63) is 152 Å². The number of methoxy groups -OCH3 is 1. The van der Waals surface area contributed by atoms with Crippen LogP contribution >= 0.6 is 11.6 Å². The summed E-state index contributed by atoms with van der Waals surface area (Å²) in [5, 5.41) is 14.7. The fraction of sp³-hybridized carbons (Fsp3) is 0.222. The third kappa shape index (κ3) is 6.82. The molecule has 0 radical (unpaired) electrons. The number of halogens is 1. The Balaban J connectivity index is 1.51. The van der Waals surface area contributed by atoms with Crippen molar-refractivity contribution < 1.29 is 4.74 Å². The van der Waals surface area contributed by atoms with Gasteiger partial charge in [-0.3, -0.25) is 9.69 Å². The molecule has 0 bridgehead atoms. The van der Waals surface area contributed by atoms with E-state index in [4.69, 9.17) is 16.3 Å². The maximum atomic E-state index is 14.0. The number of benzene rings is 4. The highest BCUT2D eigenvalue weighted by Crippen LogP contribution is 2.32. The van der Waals surface area contributed by atoms with Crippen LogP contribution in [0.2, 0.25) is 5.02 Å². The van der Waals surface area contributed by atoms with Crippen LogP contribution in [0.15, 0.2) is 102 Å². The quantitative estimate of drug-likeness (QED) is 0.171. The fourth-order valence-corrected chi connectivity index (χ4v) is 5.89. The average molecular weight is 619 g/mol. The normalized spacial score (nSPS) is 12.1. The second kappa shape index (κ2) is 13.5. The van der Waals surface area contributed by atoms with Gasteiger partial charge in [-0.05, 0) is 100 Å². The lowest BCUT2D eigenvalue weighted by molar-refractivity contribution is 0.193. The first-order valence-corrected chi connectivity index (χ1v) is 15.3. The van der Waals surface area contributed by atoms with Crippen LogP contribution in [0.25, 0.3) is 10.9 Å². The number of nitrogens with zero attached hydrogens (tertiary/aromatic N) is 5. The van der Waals surface area contributed by atoms with Crippen LogP contribution in [0.3, 0.4) is 0 Å². The number of fused-ring (bicyclic) bond motifs is 1. The van der Waals surface area contributed by atoms with E-state index in [0.29, 0.717) is 36.0 Å². The second-order valence-corrected chi connectivity index (χ2v) is 11.7. The standard InChI is InChI=1S/C36H35ClN6O2/c1-24-19-29-21-31(36(44)38-33(29)20-25(24)2)34(35-39-40-41-43(35)18-17-26-9-5-4-6-10-26)42(23-28-11-7-8-12-32(28)37)22-27-13-15-30(45-3)16-14-27/h4-16,19-21,34H,17-18,22-23H2,1-3H3,(H,38,44)/t34-/m0/s1. The predicted molar refractivity (Wildman–Crippen MR) is 178 cm³/mol. The number of ether oxygens (including phenoxy) is 1. The van der Waals surface area contributed by atoms with E-state index in [0.717, 1.165) is 45.3 Å². The first-order chi connectivity index (χ1) is 21.9. The number of rotatable bonds is 11. The van der Waals surface area contributed by atoms with Crippen LogP contribution in [-0.4, -0.2) is 37.2 Å². The minimum absolute atomic E-state index is 0.188. The fourth-order valence-electron chi connectivity index (χ4n) is 5.69. The molecular formula is C36H35ClN6O2. The highest BCUT2D eigenvalue weighted by atomic mass is 35.5. The molecule has 0 spiro atoms. The Labute approximate surface area is 267 Å². The highest BCUT2D eigenvalue weighted by molar-refractivity contribution is 6.31. The predicted octanol–water partition coefficient (Wildman–Crippen LogP) is 6.83. The summed E-state index contributed by atoms with van der Waals surface area (Å²) in [5.41, 5.74) is 6.58. The molecule has 9 heteroatoms. The van der Waals surface area contributed by atoms with Crippen LogP contribution in [0.5, 0.6) is 5.75 Å². The third-order valence-corrected chi connectivity index (χ3v) is 8.65. The van der Waals surface area contributed by atoms with E-state index >= 15 is 0 Å². The van der Waals surface area contributed by atoms with E-state index in [2.05, 4.69) is 50.5 Å². The molecule has 0 saturated carbocycles. The minimum atomic E-state index is -0.594. The lowest BCUT2D eigenvalue weighted by Gasteiger charge is -2.31. The molecular weight excluding hydrogens is 584 g/mol. The lowest BCUT2D eigenvalue weighted by atomic mass is 9.99. The minimum Gasteiger partial charge on any atom is -0.497 e. The molecule has 1 atom stereocenters. The molecule has 6 rings (SSSR count).